The Hall–Kier alpha value is -4.89. The van der Waals surface area contributed by atoms with Gasteiger partial charge in [0.15, 0.2) is 0 Å². The van der Waals surface area contributed by atoms with E-state index >= 15 is 0 Å². The summed E-state index contributed by atoms with van der Waals surface area (Å²) in [4.78, 5) is 9.94. The van der Waals surface area contributed by atoms with E-state index in [0.717, 1.165) is 44.0 Å². The summed E-state index contributed by atoms with van der Waals surface area (Å²) in [6.07, 6.45) is 0.618. The molecule has 0 radical (unpaired) electrons. The molecule has 0 unspecified atom stereocenters. The predicted molar refractivity (Wildman–Crippen MR) is 182 cm³/mol. The second-order valence-corrected chi connectivity index (χ2v) is 13.9. The maximum absolute atomic E-state index is 6.59. The molecule has 6 heteroatoms. The van der Waals surface area contributed by atoms with Crippen molar-refractivity contribution in [3.63, 3.8) is 0 Å². The molecule has 0 atom stereocenters. The van der Waals surface area contributed by atoms with E-state index in [9.17, 15) is 0 Å². The number of aromatic nitrogens is 2. The summed E-state index contributed by atoms with van der Waals surface area (Å²) in [6.45, 7) is 6.71. The number of fused-ring (bicyclic) bond motifs is 3. The molecule has 0 N–H and O–H groups in total. The first-order valence-corrected chi connectivity index (χ1v) is 16.7. The van der Waals surface area contributed by atoms with Crippen molar-refractivity contribution in [2.45, 2.75) is 32.6 Å². The molecule has 8 rings (SSSR count). The van der Waals surface area contributed by atoms with E-state index in [2.05, 4.69) is 99.6 Å². The van der Waals surface area contributed by atoms with Crippen LogP contribution in [0.25, 0.3) is 43.7 Å². The highest BCUT2D eigenvalue weighted by Gasteiger charge is 2.45. The summed E-state index contributed by atoms with van der Waals surface area (Å²) in [5, 5.41) is 4.22. The number of para-hydroxylation sites is 2. The molecule has 218 valence electrons. The van der Waals surface area contributed by atoms with Crippen LogP contribution in [0.1, 0.15) is 37.7 Å². The quantitative estimate of drug-likeness (QED) is 0.189. The summed E-state index contributed by atoms with van der Waals surface area (Å²) in [6, 6.07) is 41.7. The summed E-state index contributed by atoms with van der Waals surface area (Å²) < 4.78 is 19.7. The van der Waals surface area contributed by atoms with Crippen LogP contribution in [0.3, 0.4) is 0 Å². The molecule has 0 saturated carbocycles. The highest BCUT2D eigenvalue weighted by Crippen LogP contribution is 2.32. The van der Waals surface area contributed by atoms with Crippen molar-refractivity contribution in [2.24, 2.45) is 0 Å². The van der Waals surface area contributed by atoms with Crippen LogP contribution in [0.15, 0.2) is 121 Å². The molecule has 1 aliphatic rings. The lowest BCUT2D eigenvalue weighted by molar-refractivity contribution is 0.310. The van der Waals surface area contributed by atoms with Gasteiger partial charge in [0.2, 0.25) is 0 Å². The van der Waals surface area contributed by atoms with Crippen LogP contribution in [-0.4, -0.2) is 25.1 Å². The van der Waals surface area contributed by atoms with Gasteiger partial charge in [0, 0.05) is 28.6 Å². The second-order valence-electron chi connectivity index (χ2n) is 12.6. The molecule has 7 aromatic rings. The smallest absolute Gasteiger partial charge is 0.577 e. The molecule has 45 heavy (non-hydrogen) atoms. The summed E-state index contributed by atoms with van der Waals surface area (Å²) in [5.41, 5.74) is 7.28. The van der Waals surface area contributed by atoms with Crippen molar-refractivity contribution in [1.82, 2.24) is 9.97 Å². The Bertz CT molecular complexity index is 2140. The maximum atomic E-state index is 6.59. The number of nitrogens with zero attached hydrogens (tertiary/aromatic N) is 2. The number of hydrogen-bond acceptors (Lipinski definition) is 5. The van der Waals surface area contributed by atoms with Gasteiger partial charge in [-0.2, -0.15) is 0 Å². The van der Waals surface area contributed by atoms with Gasteiger partial charge < -0.3 is 11.4 Å². The summed E-state index contributed by atoms with van der Waals surface area (Å²) in [7, 11) is 0. The van der Waals surface area contributed by atoms with Crippen LogP contribution >= 0.6 is 0 Å². The van der Waals surface area contributed by atoms with Gasteiger partial charge in [0.05, 0.1) is 5.75 Å². The topological polar surface area (TPSA) is 53.5 Å². The van der Waals surface area contributed by atoms with Gasteiger partial charge in [-0.25, -0.2) is 9.97 Å². The molecule has 2 aromatic heterocycles. The monoisotopic (exact) mass is 602 g/mol. The summed E-state index contributed by atoms with van der Waals surface area (Å²) in [5.74, 6) is 1.99. The fourth-order valence-electron chi connectivity index (χ4n) is 5.92. The molecule has 0 aliphatic carbocycles. The van der Waals surface area contributed by atoms with Gasteiger partial charge in [-0.15, -0.1) is 0 Å². The fraction of sp³-hybridized carbons (Fsp3) is 0.128. The SMILES string of the molecule is CC(C)(C)c1ccc(-c2ccc3cc([O][Al]4[O]c5cccc6ccc(nc56)Cc5ccc6cccc(c6n5)[O]4)ccc3c2)cc1. The van der Waals surface area contributed by atoms with E-state index in [-0.39, 0.29) is 5.41 Å². The number of hydrogen-bond donors (Lipinski definition) is 0. The van der Waals surface area contributed by atoms with Crippen molar-refractivity contribution in [3.8, 4) is 28.4 Å². The Kier molecular flexibility index (Phi) is 6.71. The highest BCUT2D eigenvalue weighted by atomic mass is 27.3. The van der Waals surface area contributed by atoms with Crippen molar-refractivity contribution < 1.29 is 11.4 Å². The number of pyridine rings is 2. The minimum Gasteiger partial charge on any atom is -0.577 e. The molecule has 5 nitrogen and oxygen atoms in total. The van der Waals surface area contributed by atoms with Crippen LogP contribution in [0.4, 0.5) is 0 Å². The average Bonchev–Trinajstić information content (AvgIpc) is 3.04. The predicted octanol–water partition coefficient (Wildman–Crippen LogP) is 9.33. The fourth-order valence-corrected chi connectivity index (χ4v) is 7.23. The lowest BCUT2D eigenvalue weighted by Crippen LogP contribution is -2.37. The van der Waals surface area contributed by atoms with Gasteiger partial charge in [0.25, 0.3) is 0 Å². The van der Waals surface area contributed by atoms with E-state index in [0.29, 0.717) is 23.7 Å². The Morgan fingerprint density at radius 1 is 0.578 bits per heavy atom. The molecule has 5 aromatic carbocycles. The molecule has 3 heterocycles. The third kappa shape index (κ3) is 5.48. The van der Waals surface area contributed by atoms with Crippen molar-refractivity contribution >= 4 is 47.7 Å². The highest BCUT2D eigenvalue weighted by molar-refractivity contribution is 6.40. The van der Waals surface area contributed by atoms with Crippen molar-refractivity contribution in [3.05, 3.63) is 138 Å². The first kappa shape index (κ1) is 27.6. The molecule has 0 saturated heterocycles. The molecule has 1 aliphatic heterocycles. The lowest BCUT2D eigenvalue weighted by atomic mass is 9.86. The molecule has 0 fully saturated rings. The zero-order valence-corrected chi connectivity index (χ0v) is 26.6. The first-order chi connectivity index (χ1) is 21.9. The number of benzene rings is 5. The molecule has 4 bridgehead atoms. The van der Waals surface area contributed by atoms with Crippen LogP contribution < -0.4 is 11.4 Å². The molecular weight excluding hydrogens is 571 g/mol. The third-order valence-corrected chi connectivity index (χ3v) is 9.78. The van der Waals surface area contributed by atoms with E-state index in [4.69, 9.17) is 21.3 Å². The van der Waals surface area contributed by atoms with Crippen LogP contribution in [0.2, 0.25) is 0 Å². The standard InChI is InChI=1S/C20H20O.C19H14N2O2.Al/c1-20(2,3)18-9-6-14(7-10-18)15-4-5-17-13-19(21)11-8-16(17)12-15;22-16-5-1-3-12-7-9-14(20-18(12)16)11-15-10-8-13-4-2-6-17(23)19(13)21-15;/h4-13,21H,1-3H3;1-10,22-23H,11H2;/q;;+3/p-3. The first-order valence-electron chi connectivity index (χ1n) is 15.3. The van der Waals surface area contributed by atoms with Gasteiger partial charge in [-0.1, -0.05) is 99.6 Å². The zero-order valence-electron chi connectivity index (χ0n) is 25.5. The normalized spacial score (nSPS) is 13.0. The van der Waals surface area contributed by atoms with E-state index in [1.54, 1.807) is 0 Å². The minimum atomic E-state index is -2.86. The van der Waals surface area contributed by atoms with Crippen LogP contribution in [0, 0.1) is 0 Å². The maximum Gasteiger partial charge on any atom is 1.20 e. The van der Waals surface area contributed by atoms with Crippen molar-refractivity contribution in [2.75, 3.05) is 0 Å². The summed E-state index contributed by atoms with van der Waals surface area (Å²) >= 11 is -2.86. The van der Waals surface area contributed by atoms with Gasteiger partial charge in [-0.3, -0.25) is 0 Å². The van der Waals surface area contributed by atoms with E-state index in [1.807, 2.05) is 42.5 Å². The molecule has 0 spiro atoms. The zero-order chi connectivity index (χ0) is 30.5. The molecule has 0 amide bonds. The Balaban J connectivity index is 1.15. The van der Waals surface area contributed by atoms with Crippen molar-refractivity contribution in [1.29, 1.82) is 0 Å². The van der Waals surface area contributed by atoms with Gasteiger partial charge in [0.1, 0.15) is 22.5 Å². The third-order valence-electron chi connectivity index (χ3n) is 8.42. The Morgan fingerprint density at radius 2 is 1.13 bits per heavy atom. The van der Waals surface area contributed by atoms with Crippen LogP contribution in [0.5, 0.6) is 17.2 Å². The average molecular weight is 603 g/mol. The van der Waals surface area contributed by atoms with Gasteiger partial charge in [-0.05, 0) is 75.3 Å². The minimum absolute atomic E-state index is 0.128. The van der Waals surface area contributed by atoms with Crippen LogP contribution in [-0.2, 0) is 11.8 Å². The van der Waals surface area contributed by atoms with E-state index in [1.165, 1.54) is 16.7 Å². The Morgan fingerprint density at radius 3 is 1.76 bits per heavy atom. The Labute approximate surface area is 267 Å². The van der Waals surface area contributed by atoms with Gasteiger partial charge >= 0.3 is 15.1 Å². The second kappa shape index (κ2) is 10.9. The molecular formula is C39H31AlN2O3. The number of rotatable bonds is 3. The van der Waals surface area contributed by atoms with E-state index < -0.39 is 15.1 Å². The lowest BCUT2D eigenvalue weighted by Gasteiger charge is -2.19. The largest absolute Gasteiger partial charge is 1.20 e.